The van der Waals surface area contributed by atoms with E-state index in [9.17, 15) is 0 Å². The highest BCUT2D eigenvalue weighted by molar-refractivity contribution is 7.18. The van der Waals surface area contributed by atoms with Crippen LogP contribution in [0.5, 0.6) is 0 Å². The maximum Gasteiger partial charge on any atom is 0.146 e. The number of piperidine rings is 1. The molecule has 0 unspecified atom stereocenters. The Morgan fingerprint density at radius 2 is 1.87 bits per heavy atom. The van der Waals surface area contributed by atoms with Gasteiger partial charge in [0.15, 0.2) is 0 Å². The van der Waals surface area contributed by atoms with Gasteiger partial charge in [0, 0.05) is 43.8 Å². The number of fused-ring (bicyclic) bond motifs is 1. The van der Waals surface area contributed by atoms with Crippen molar-refractivity contribution in [3.05, 3.63) is 34.2 Å². The van der Waals surface area contributed by atoms with Crippen molar-refractivity contribution in [2.24, 2.45) is 0 Å². The minimum Gasteiger partial charge on any atom is -0.379 e. The van der Waals surface area contributed by atoms with Gasteiger partial charge in [-0.15, -0.1) is 11.3 Å². The normalized spacial score (nSPS) is 18.9. The van der Waals surface area contributed by atoms with Crippen molar-refractivity contribution in [1.82, 2.24) is 24.6 Å². The molecule has 2 aliphatic rings. The molecule has 5 heterocycles. The van der Waals surface area contributed by atoms with Gasteiger partial charge in [0.25, 0.3) is 0 Å². The highest BCUT2D eigenvalue weighted by Gasteiger charge is 2.26. The lowest BCUT2D eigenvalue weighted by Crippen LogP contribution is -2.37. The molecule has 2 saturated heterocycles. The first kappa shape index (κ1) is 20.8. The molecular formula is C23H32N6OS. The Morgan fingerprint density at radius 1 is 1.10 bits per heavy atom. The quantitative estimate of drug-likeness (QED) is 0.602. The fraction of sp³-hybridized carbons (Fsp3) is 0.609. The van der Waals surface area contributed by atoms with Gasteiger partial charge in [0.05, 0.1) is 31.3 Å². The van der Waals surface area contributed by atoms with Gasteiger partial charge in [-0.25, -0.2) is 9.97 Å². The molecule has 31 heavy (non-hydrogen) atoms. The summed E-state index contributed by atoms with van der Waals surface area (Å²) in [4.78, 5) is 17.5. The van der Waals surface area contributed by atoms with Crippen molar-refractivity contribution in [2.75, 3.05) is 44.3 Å². The van der Waals surface area contributed by atoms with Gasteiger partial charge in [-0.2, -0.15) is 5.10 Å². The van der Waals surface area contributed by atoms with Crippen LogP contribution in [0.1, 0.15) is 47.5 Å². The Labute approximate surface area is 188 Å². The molecule has 0 saturated carbocycles. The lowest BCUT2D eigenvalue weighted by atomic mass is 9.91. The summed E-state index contributed by atoms with van der Waals surface area (Å²) in [6, 6.07) is 0. The van der Waals surface area contributed by atoms with E-state index in [1.807, 2.05) is 4.68 Å². The second-order valence-electron chi connectivity index (χ2n) is 8.71. The molecule has 0 amide bonds. The van der Waals surface area contributed by atoms with E-state index in [1.54, 1.807) is 11.3 Å². The predicted molar refractivity (Wildman–Crippen MR) is 125 cm³/mol. The Balaban J connectivity index is 1.40. The Kier molecular flexibility index (Phi) is 5.95. The molecule has 0 aromatic carbocycles. The van der Waals surface area contributed by atoms with E-state index in [0.29, 0.717) is 5.92 Å². The van der Waals surface area contributed by atoms with Gasteiger partial charge < -0.3 is 9.64 Å². The Bertz CT molecular complexity index is 1050. The molecule has 3 aromatic rings. The van der Waals surface area contributed by atoms with E-state index >= 15 is 0 Å². The zero-order chi connectivity index (χ0) is 21.4. The Morgan fingerprint density at radius 3 is 2.58 bits per heavy atom. The van der Waals surface area contributed by atoms with E-state index in [4.69, 9.17) is 14.7 Å². The number of thiophene rings is 1. The summed E-state index contributed by atoms with van der Waals surface area (Å²) in [5.41, 5.74) is 2.71. The van der Waals surface area contributed by atoms with Crippen molar-refractivity contribution in [2.45, 2.75) is 52.6 Å². The van der Waals surface area contributed by atoms with Crippen molar-refractivity contribution in [1.29, 1.82) is 0 Å². The lowest BCUT2D eigenvalue weighted by molar-refractivity contribution is 0.0331. The molecule has 2 fully saturated rings. The van der Waals surface area contributed by atoms with Crippen LogP contribution in [-0.4, -0.2) is 64.0 Å². The highest BCUT2D eigenvalue weighted by atomic mass is 32.1. The van der Waals surface area contributed by atoms with Crippen LogP contribution >= 0.6 is 11.3 Å². The van der Waals surface area contributed by atoms with Crippen LogP contribution in [0.2, 0.25) is 0 Å². The molecule has 0 atom stereocenters. The first-order valence-corrected chi connectivity index (χ1v) is 12.3. The molecule has 3 aromatic heterocycles. The van der Waals surface area contributed by atoms with Crippen LogP contribution in [-0.2, 0) is 17.8 Å². The molecule has 0 N–H and O–H groups in total. The lowest BCUT2D eigenvalue weighted by Gasteiger charge is -2.33. The molecule has 7 nitrogen and oxygen atoms in total. The van der Waals surface area contributed by atoms with Crippen LogP contribution in [0, 0.1) is 13.8 Å². The molecule has 0 spiro atoms. The van der Waals surface area contributed by atoms with Gasteiger partial charge in [-0.1, -0.05) is 0 Å². The minimum absolute atomic E-state index is 0.590. The molecule has 0 aliphatic carbocycles. The SMILES string of the molecule is CCn1cc(C2CCN(c3nc(CN4CCOCC4)nc4sc(C)c(C)c34)CC2)cn1. The number of nitrogens with zero attached hydrogens (tertiary/aromatic N) is 6. The van der Waals surface area contributed by atoms with Gasteiger partial charge in [0.2, 0.25) is 0 Å². The third kappa shape index (κ3) is 4.21. The van der Waals surface area contributed by atoms with Crippen molar-refractivity contribution in [3.63, 3.8) is 0 Å². The summed E-state index contributed by atoms with van der Waals surface area (Å²) < 4.78 is 7.54. The van der Waals surface area contributed by atoms with E-state index in [-0.39, 0.29) is 0 Å². The van der Waals surface area contributed by atoms with Gasteiger partial charge in [-0.3, -0.25) is 9.58 Å². The largest absolute Gasteiger partial charge is 0.379 e. The van der Waals surface area contributed by atoms with Gasteiger partial charge in [-0.05, 0) is 50.7 Å². The van der Waals surface area contributed by atoms with E-state index in [0.717, 1.165) is 81.8 Å². The number of aromatic nitrogens is 4. The first-order chi connectivity index (χ1) is 15.1. The fourth-order valence-corrected chi connectivity index (χ4v) is 5.76. The number of ether oxygens (including phenoxy) is 1. The third-order valence-electron chi connectivity index (χ3n) is 6.77. The molecule has 166 valence electrons. The third-order valence-corrected chi connectivity index (χ3v) is 7.87. The zero-order valence-corrected chi connectivity index (χ0v) is 19.6. The summed E-state index contributed by atoms with van der Waals surface area (Å²) in [7, 11) is 0. The molecule has 2 aliphatic heterocycles. The van der Waals surface area contributed by atoms with Gasteiger partial charge in [0.1, 0.15) is 16.5 Å². The van der Waals surface area contributed by atoms with E-state index in [1.165, 1.54) is 21.4 Å². The van der Waals surface area contributed by atoms with Crippen molar-refractivity contribution < 1.29 is 4.74 Å². The van der Waals surface area contributed by atoms with Gasteiger partial charge >= 0.3 is 0 Å². The summed E-state index contributed by atoms with van der Waals surface area (Å²) in [5, 5.41) is 5.73. The summed E-state index contributed by atoms with van der Waals surface area (Å²) >= 11 is 1.80. The van der Waals surface area contributed by atoms with Crippen LogP contribution < -0.4 is 4.90 Å². The number of aryl methyl sites for hydroxylation is 3. The predicted octanol–water partition coefficient (Wildman–Crippen LogP) is 3.74. The first-order valence-electron chi connectivity index (χ1n) is 11.5. The number of anilines is 1. The fourth-order valence-electron chi connectivity index (χ4n) is 4.72. The van der Waals surface area contributed by atoms with E-state index in [2.05, 4.69) is 48.1 Å². The second-order valence-corrected chi connectivity index (χ2v) is 9.91. The van der Waals surface area contributed by atoms with Crippen LogP contribution in [0.15, 0.2) is 12.4 Å². The van der Waals surface area contributed by atoms with E-state index < -0.39 is 0 Å². The zero-order valence-electron chi connectivity index (χ0n) is 18.8. The maximum atomic E-state index is 5.51. The van der Waals surface area contributed by atoms with Crippen LogP contribution in [0.3, 0.4) is 0 Å². The monoisotopic (exact) mass is 440 g/mol. The highest BCUT2D eigenvalue weighted by Crippen LogP contribution is 2.37. The molecule has 8 heteroatoms. The van der Waals surface area contributed by atoms with Crippen LogP contribution in [0.25, 0.3) is 10.2 Å². The number of morpholine rings is 1. The summed E-state index contributed by atoms with van der Waals surface area (Å²) in [5.74, 6) is 2.67. The molecule has 0 radical (unpaired) electrons. The van der Waals surface area contributed by atoms with Crippen molar-refractivity contribution in [3.8, 4) is 0 Å². The smallest absolute Gasteiger partial charge is 0.146 e. The van der Waals surface area contributed by atoms with Crippen LogP contribution in [0.4, 0.5) is 5.82 Å². The molecular weight excluding hydrogens is 408 g/mol. The second kappa shape index (κ2) is 8.84. The number of rotatable bonds is 5. The maximum absolute atomic E-state index is 5.51. The molecule has 0 bridgehead atoms. The average molecular weight is 441 g/mol. The molecule has 5 rings (SSSR count). The summed E-state index contributed by atoms with van der Waals surface area (Å²) in [6.07, 6.45) is 6.55. The standard InChI is InChI=1S/C23H32N6OS/c1-4-29-14-19(13-24-29)18-5-7-28(8-6-18)22-21-16(2)17(3)31-23(21)26-20(25-22)15-27-9-11-30-12-10-27/h13-14,18H,4-12,15H2,1-3H3. The minimum atomic E-state index is 0.590. The Hall–Kier alpha value is -2.03. The van der Waals surface area contributed by atoms with Crippen molar-refractivity contribution >= 4 is 27.4 Å². The topological polar surface area (TPSA) is 59.3 Å². The number of hydrogen-bond donors (Lipinski definition) is 0. The summed E-state index contributed by atoms with van der Waals surface area (Å²) in [6.45, 7) is 13.8. The average Bonchev–Trinajstić information content (AvgIpc) is 3.39. The number of hydrogen-bond acceptors (Lipinski definition) is 7.